The molecule has 1 saturated heterocycles. The van der Waals surface area contributed by atoms with E-state index in [2.05, 4.69) is 4.83 Å². The molecule has 1 heterocycles. The number of nitrogens with two attached hydrogens (primary N) is 1. The van der Waals surface area contributed by atoms with Crippen molar-refractivity contribution in [3.8, 4) is 0 Å². The molecule has 6 nitrogen and oxygen atoms in total. The maximum atomic E-state index is 12.1. The maximum absolute atomic E-state index is 12.1. The number of rotatable bonds is 4. The monoisotopic (exact) mass is 271 g/mol. The number of sulfonamides is 1. The zero-order valence-electron chi connectivity index (χ0n) is 10.0. The van der Waals surface area contributed by atoms with Gasteiger partial charge in [0.25, 0.3) is 10.0 Å². The van der Waals surface area contributed by atoms with Gasteiger partial charge >= 0.3 is 0 Å². The molecule has 1 aromatic rings. The lowest BCUT2D eigenvalue weighted by atomic mass is 10.2. The SMILES string of the molecule is NCc1ccc(S(=O)(=O)NN2CCOCC2)cc1. The number of nitrogens with zero attached hydrogens (tertiary/aromatic N) is 1. The third kappa shape index (κ3) is 3.27. The van der Waals surface area contributed by atoms with Crippen molar-refractivity contribution in [2.45, 2.75) is 11.4 Å². The van der Waals surface area contributed by atoms with Gasteiger partial charge in [-0.25, -0.2) is 13.4 Å². The molecule has 0 atom stereocenters. The second-order valence-electron chi connectivity index (χ2n) is 4.04. The quantitative estimate of drug-likeness (QED) is 0.783. The van der Waals surface area contributed by atoms with E-state index < -0.39 is 10.0 Å². The molecule has 1 fully saturated rings. The Hall–Kier alpha value is -0.990. The highest BCUT2D eigenvalue weighted by Crippen LogP contribution is 2.11. The van der Waals surface area contributed by atoms with Crippen LogP contribution in [0.2, 0.25) is 0 Å². The average molecular weight is 271 g/mol. The molecule has 0 aliphatic carbocycles. The lowest BCUT2D eigenvalue weighted by Gasteiger charge is -2.26. The first-order valence-corrected chi connectivity index (χ1v) is 7.24. The van der Waals surface area contributed by atoms with Crippen molar-refractivity contribution in [3.63, 3.8) is 0 Å². The number of ether oxygens (including phenoxy) is 1. The molecule has 3 N–H and O–H groups in total. The smallest absolute Gasteiger partial charge is 0.253 e. The van der Waals surface area contributed by atoms with Crippen LogP contribution in [0.15, 0.2) is 29.2 Å². The molecule has 0 unspecified atom stereocenters. The molecule has 0 bridgehead atoms. The van der Waals surface area contributed by atoms with Crippen LogP contribution in [0.3, 0.4) is 0 Å². The first kappa shape index (κ1) is 13.4. The summed E-state index contributed by atoms with van der Waals surface area (Å²) in [4.78, 5) is 2.79. The number of hydrazine groups is 1. The van der Waals surface area contributed by atoms with Crippen LogP contribution in [0, 0.1) is 0 Å². The van der Waals surface area contributed by atoms with Crippen LogP contribution in [-0.2, 0) is 21.3 Å². The Balaban J connectivity index is 2.08. The van der Waals surface area contributed by atoms with Crippen LogP contribution in [-0.4, -0.2) is 39.7 Å². The summed E-state index contributed by atoms with van der Waals surface area (Å²) in [6.07, 6.45) is 0. The van der Waals surface area contributed by atoms with E-state index in [4.69, 9.17) is 10.5 Å². The second-order valence-corrected chi connectivity index (χ2v) is 5.70. The molecule has 0 saturated carbocycles. The first-order chi connectivity index (χ1) is 8.62. The van der Waals surface area contributed by atoms with Crippen molar-refractivity contribution in [2.75, 3.05) is 26.3 Å². The highest BCUT2D eigenvalue weighted by molar-refractivity contribution is 7.89. The largest absolute Gasteiger partial charge is 0.379 e. The molecule has 0 radical (unpaired) electrons. The van der Waals surface area contributed by atoms with Crippen molar-refractivity contribution in [1.82, 2.24) is 9.84 Å². The van der Waals surface area contributed by atoms with Crippen LogP contribution in [0.5, 0.6) is 0 Å². The lowest BCUT2D eigenvalue weighted by Crippen LogP contribution is -2.48. The molecule has 1 aliphatic heterocycles. The Morgan fingerprint density at radius 2 is 1.83 bits per heavy atom. The predicted molar refractivity (Wildman–Crippen MR) is 67.0 cm³/mol. The van der Waals surface area contributed by atoms with Gasteiger partial charge in [-0.15, -0.1) is 4.83 Å². The fraction of sp³-hybridized carbons (Fsp3) is 0.455. The summed E-state index contributed by atoms with van der Waals surface area (Å²) in [6.45, 7) is 2.58. The van der Waals surface area contributed by atoms with E-state index >= 15 is 0 Å². The topological polar surface area (TPSA) is 84.7 Å². The minimum absolute atomic E-state index is 0.242. The second kappa shape index (κ2) is 5.77. The van der Waals surface area contributed by atoms with Gasteiger partial charge in [0.05, 0.1) is 18.1 Å². The van der Waals surface area contributed by atoms with Gasteiger partial charge in [0, 0.05) is 19.6 Å². The van der Waals surface area contributed by atoms with Crippen molar-refractivity contribution in [1.29, 1.82) is 0 Å². The van der Waals surface area contributed by atoms with Crippen LogP contribution >= 0.6 is 0 Å². The number of hydrogen-bond donors (Lipinski definition) is 2. The molecule has 0 spiro atoms. The van der Waals surface area contributed by atoms with Crippen LogP contribution in [0.1, 0.15) is 5.56 Å². The van der Waals surface area contributed by atoms with Gasteiger partial charge in [-0.3, -0.25) is 0 Å². The molecule has 18 heavy (non-hydrogen) atoms. The third-order valence-electron chi connectivity index (χ3n) is 2.73. The fourth-order valence-electron chi connectivity index (χ4n) is 1.68. The Kier molecular flexibility index (Phi) is 4.31. The predicted octanol–water partition coefficient (Wildman–Crippen LogP) is -0.329. The highest BCUT2D eigenvalue weighted by Gasteiger charge is 2.19. The molecular weight excluding hydrogens is 254 g/mol. The van der Waals surface area contributed by atoms with Crippen molar-refractivity contribution in [3.05, 3.63) is 29.8 Å². The summed E-state index contributed by atoms with van der Waals surface area (Å²) in [5, 5.41) is 1.65. The van der Waals surface area contributed by atoms with Crippen molar-refractivity contribution in [2.24, 2.45) is 5.73 Å². The highest BCUT2D eigenvalue weighted by atomic mass is 32.2. The van der Waals surface area contributed by atoms with Gasteiger partial charge in [0.1, 0.15) is 0 Å². The summed E-state index contributed by atoms with van der Waals surface area (Å²) < 4.78 is 29.3. The van der Waals surface area contributed by atoms with Crippen LogP contribution < -0.4 is 10.6 Å². The van der Waals surface area contributed by atoms with Crippen molar-refractivity contribution < 1.29 is 13.2 Å². The summed E-state index contributed by atoms with van der Waals surface area (Å²) in [5.74, 6) is 0. The number of nitrogens with one attached hydrogen (secondary N) is 1. The maximum Gasteiger partial charge on any atom is 0.253 e. The third-order valence-corrected chi connectivity index (χ3v) is 4.12. The van der Waals surface area contributed by atoms with Gasteiger partial charge in [0.2, 0.25) is 0 Å². The average Bonchev–Trinajstić information content (AvgIpc) is 2.39. The Bertz CT molecular complexity index is 481. The molecule has 1 aliphatic rings. The molecule has 0 aromatic heterocycles. The number of morpholine rings is 1. The standard InChI is InChI=1S/C11H17N3O3S/c12-9-10-1-3-11(4-2-10)18(15,16)13-14-5-7-17-8-6-14/h1-4,13H,5-9,12H2. The van der Waals surface area contributed by atoms with E-state index in [0.29, 0.717) is 32.8 Å². The minimum atomic E-state index is -3.51. The molecular formula is C11H17N3O3S. The Morgan fingerprint density at radius 3 is 2.39 bits per heavy atom. The van der Waals surface area contributed by atoms with Crippen LogP contribution in [0.4, 0.5) is 0 Å². The van der Waals surface area contributed by atoms with E-state index in [9.17, 15) is 8.42 Å². The summed E-state index contributed by atoms with van der Waals surface area (Å²) in [6, 6.07) is 6.55. The van der Waals surface area contributed by atoms with Crippen molar-refractivity contribution >= 4 is 10.0 Å². The molecule has 0 amide bonds. The molecule has 2 rings (SSSR count). The van der Waals surface area contributed by atoms with Crippen LogP contribution in [0.25, 0.3) is 0 Å². The Morgan fingerprint density at radius 1 is 1.22 bits per heavy atom. The van der Waals surface area contributed by atoms with Gasteiger partial charge < -0.3 is 10.5 Å². The van der Waals surface area contributed by atoms with Gasteiger partial charge in [0.15, 0.2) is 0 Å². The zero-order chi connectivity index (χ0) is 13.0. The Labute approximate surface area is 107 Å². The fourth-order valence-corrected chi connectivity index (χ4v) is 2.80. The summed E-state index contributed by atoms with van der Waals surface area (Å²) >= 11 is 0. The van der Waals surface area contributed by atoms with E-state index in [-0.39, 0.29) is 4.90 Å². The minimum Gasteiger partial charge on any atom is -0.379 e. The molecule has 7 heteroatoms. The molecule has 100 valence electrons. The van der Waals surface area contributed by atoms with E-state index in [1.165, 1.54) is 0 Å². The lowest BCUT2D eigenvalue weighted by molar-refractivity contribution is 0.0272. The summed E-state index contributed by atoms with van der Waals surface area (Å²) in [5.41, 5.74) is 6.37. The first-order valence-electron chi connectivity index (χ1n) is 5.76. The zero-order valence-corrected chi connectivity index (χ0v) is 10.8. The number of hydrogen-bond acceptors (Lipinski definition) is 5. The van der Waals surface area contributed by atoms with Gasteiger partial charge in [-0.1, -0.05) is 12.1 Å². The molecule has 1 aromatic carbocycles. The van der Waals surface area contributed by atoms with E-state index in [0.717, 1.165) is 5.56 Å². The normalized spacial score (nSPS) is 17.8. The number of benzene rings is 1. The summed E-state index contributed by atoms with van der Waals surface area (Å²) in [7, 11) is -3.51. The van der Waals surface area contributed by atoms with E-state index in [1.807, 2.05) is 0 Å². The van der Waals surface area contributed by atoms with Gasteiger partial charge in [-0.05, 0) is 17.7 Å². The van der Waals surface area contributed by atoms with E-state index in [1.54, 1.807) is 29.3 Å². The van der Waals surface area contributed by atoms with Gasteiger partial charge in [-0.2, -0.15) is 0 Å².